The average Bonchev–Trinajstić information content (AvgIpc) is 2.07. The minimum absolute atomic E-state index is 0.0986. The molecule has 1 aliphatic rings. The van der Waals surface area contributed by atoms with Gasteiger partial charge in [0.05, 0.1) is 0 Å². The summed E-state index contributed by atoms with van der Waals surface area (Å²) in [5.74, 6) is 5.38. The molecule has 1 unspecified atom stereocenters. The highest BCUT2D eigenvalue weighted by molar-refractivity contribution is 6.21. The second kappa shape index (κ2) is 2.84. The number of hydrogen-bond donors (Lipinski definition) is 2. The standard InChI is InChI=1S/C5H11ClN4O/c1-3(2)9-4(6)8-5(11)10(9)7/h3-4H,7H2,1-2H3,(H,8,11). The van der Waals surface area contributed by atoms with Crippen molar-refractivity contribution in [2.75, 3.05) is 0 Å². The monoisotopic (exact) mass is 178 g/mol. The van der Waals surface area contributed by atoms with E-state index >= 15 is 0 Å². The van der Waals surface area contributed by atoms with Crippen LogP contribution >= 0.6 is 11.6 Å². The summed E-state index contributed by atoms with van der Waals surface area (Å²) < 4.78 is 0. The van der Waals surface area contributed by atoms with Crippen molar-refractivity contribution in [1.82, 2.24) is 15.4 Å². The van der Waals surface area contributed by atoms with E-state index in [4.69, 9.17) is 17.4 Å². The van der Waals surface area contributed by atoms with Crippen molar-refractivity contribution >= 4 is 17.6 Å². The van der Waals surface area contributed by atoms with Crippen molar-refractivity contribution in [2.24, 2.45) is 5.84 Å². The van der Waals surface area contributed by atoms with Gasteiger partial charge in [-0.05, 0) is 13.8 Å². The number of rotatable bonds is 1. The van der Waals surface area contributed by atoms with Gasteiger partial charge in [-0.1, -0.05) is 11.6 Å². The fourth-order valence-corrected chi connectivity index (χ4v) is 1.37. The van der Waals surface area contributed by atoms with Gasteiger partial charge >= 0.3 is 6.03 Å². The molecule has 0 aromatic heterocycles. The largest absolute Gasteiger partial charge is 0.349 e. The van der Waals surface area contributed by atoms with Crippen molar-refractivity contribution in [3.63, 3.8) is 0 Å². The van der Waals surface area contributed by atoms with Gasteiger partial charge in [0.2, 0.25) is 0 Å². The quantitative estimate of drug-likeness (QED) is 0.258. The highest BCUT2D eigenvalue weighted by Gasteiger charge is 2.35. The number of hydrazine groups is 2. The smallest absolute Gasteiger partial charge is 0.305 e. The van der Waals surface area contributed by atoms with E-state index in [1.807, 2.05) is 13.8 Å². The molecule has 0 aliphatic carbocycles. The lowest BCUT2D eigenvalue weighted by Gasteiger charge is -2.26. The molecule has 0 aromatic carbocycles. The molecule has 0 aromatic rings. The summed E-state index contributed by atoms with van der Waals surface area (Å²) in [6.45, 7) is 3.80. The second-order valence-electron chi connectivity index (χ2n) is 2.60. The zero-order chi connectivity index (χ0) is 8.59. The van der Waals surface area contributed by atoms with Gasteiger partial charge in [0.15, 0.2) is 5.62 Å². The van der Waals surface area contributed by atoms with Crippen molar-refractivity contribution in [2.45, 2.75) is 25.5 Å². The summed E-state index contributed by atoms with van der Waals surface area (Å²) >= 11 is 5.74. The molecule has 11 heavy (non-hydrogen) atoms. The van der Waals surface area contributed by atoms with Gasteiger partial charge in [-0.3, -0.25) is 0 Å². The lowest BCUT2D eigenvalue weighted by molar-refractivity contribution is 0.0118. The lowest BCUT2D eigenvalue weighted by atomic mass is 10.4. The summed E-state index contributed by atoms with van der Waals surface area (Å²) in [7, 11) is 0. The molecule has 0 bridgehead atoms. The molecule has 6 heteroatoms. The summed E-state index contributed by atoms with van der Waals surface area (Å²) in [6, 6.07) is -0.278. The number of halogens is 1. The van der Waals surface area contributed by atoms with Gasteiger partial charge in [0, 0.05) is 6.04 Å². The average molecular weight is 179 g/mol. The number of nitrogens with one attached hydrogen (secondary N) is 1. The number of carbonyl (C=O) groups excluding carboxylic acids is 1. The third-order valence-electron chi connectivity index (χ3n) is 1.46. The number of alkyl halides is 1. The SMILES string of the molecule is CC(C)N1C(Cl)NC(=O)N1N. The number of nitrogens with two attached hydrogens (primary N) is 1. The van der Waals surface area contributed by atoms with E-state index < -0.39 is 5.62 Å². The molecule has 1 atom stereocenters. The molecule has 0 spiro atoms. The van der Waals surface area contributed by atoms with Crippen molar-refractivity contribution in [3.8, 4) is 0 Å². The van der Waals surface area contributed by atoms with Crippen LogP contribution in [0.2, 0.25) is 0 Å². The maximum atomic E-state index is 10.9. The Balaban J connectivity index is 2.71. The molecule has 1 aliphatic heterocycles. The minimum atomic E-state index is -0.535. The number of amides is 2. The Morgan fingerprint density at radius 2 is 2.27 bits per heavy atom. The molecule has 2 amide bonds. The topological polar surface area (TPSA) is 61.6 Å². The maximum Gasteiger partial charge on any atom is 0.349 e. The van der Waals surface area contributed by atoms with E-state index in [9.17, 15) is 4.79 Å². The minimum Gasteiger partial charge on any atom is -0.305 e. The summed E-state index contributed by atoms with van der Waals surface area (Å²) in [5, 5.41) is 4.99. The third-order valence-corrected chi connectivity index (χ3v) is 1.77. The molecule has 3 N–H and O–H groups in total. The van der Waals surface area contributed by atoms with Crippen LogP contribution in [0.1, 0.15) is 13.8 Å². The molecule has 0 radical (unpaired) electrons. The first-order chi connectivity index (χ1) is 5.04. The van der Waals surface area contributed by atoms with Gasteiger partial charge in [0.25, 0.3) is 0 Å². The van der Waals surface area contributed by atoms with Crippen LogP contribution in [0.4, 0.5) is 4.79 Å². The van der Waals surface area contributed by atoms with Crippen LogP contribution in [0.15, 0.2) is 0 Å². The van der Waals surface area contributed by atoms with Crippen LogP contribution in [0.5, 0.6) is 0 Å². The van der Waals surface area contributed by atoms with E-state index in [1.54, 1.807) is 5.01 Å². The van der Waals surface area contributed by atoms with Crippen LogP contribution in [0, 0.1) is 0 Å². The normalized spacial score (nSPS) is 26.5. The van der Waals surface area contributed by atoms with Crippen LogP contribution < -0.4 is 11.2 Å². The van der Waals surface area contributed by atoms with E-state index in [1.165, 1.54) is 0 Å². The first kappa shape index (κ1) is 8.58. The number of carbonyl (C=O) groups is 1. The Morgan fingerprint density at radius 3 is 2.45 bits per heavy atom. The molecular formula is C5H11ClN4O. The van der Waals surface area contributed by atoms with Crippen molar-refractivity contribution in [3.05, 3.63) is 0 Å². The Kier molecular flexibility index (Phi) is 2.22. The zero-order valence-electron chi connectivity index (χ0n) is 6.41. The third kappa shape index (κ3) is 1.40. The molecule has 5 nitrogen and oxygen atoms in total. The lowest BCUT2D eigenvalue weighted by Crippen LogP contribution is -2.49. The number of urea groups is 1. The molecule has 1 rings (SSSR count). The molecular weight excluding hydrogens is 168 g/mol. The Morgan fingerprint density at radius 1 is 1.73 bits per heavy atom. The molecule has 0 saturated carbocycles. The zero-order valence-corrected chi connectivity index (χ0v) is 7.17. The van der Waals surface area contributed by atoms with Crippen LogP contribution in [-0.2, 0) is 0 Å². The summed E-state index contributed by atoms with van der Waals surface area (Å²) in [5.41, 5.74) is -0.535. The van der Waals surface area contributed by atoms with Gasteiger partial charge in [-0.2, -0.15) is 10.1 Å². The van der Waals surface area contributed by atoms with Crippen molar-refractivity contribution in [1.29, 1.82) is 0 Å². The van der Waals surface area contributed by atoms with Gasteiger partial charge in [0.1, 0.15) is 0 Å². The predicted octanol–water partition coefficient (Wildman–Crippen LogP) is 0.0331. The summed E-state index contributed by atoms with van der Waals surface area (Å²) in [4.78, 5) is 10.9. The van der Waals surface area contributed by atoms with E-state index in [2.05, 4.69) is 5.32 Å². The molecule has 1 heterocycles. The fraction of sp³-hybridized carbons (Fsp3) is 0.800. The first-order valence-electron chi connectivity index (χ1n) is 3.31. The summed E-state index contributed by atoms with van der Waals surface area (Å²) in [6.07, 6.45) is 0. The Labute approximate surface area is 70.0 Å². The van der Waals surface area contributed by atoms with E-state index in [-0.39, 0.29) is 12.1 Å². The van der Waals surface area contributed by atoms with Gasteiger partial charge in [-0.15, -0.1) is 0 Å². The molecule has 1 fully saturated rings. The number of nitrogens with zero attached hydrogens (tertiary/aromatic N) is 2. The fourth-order valence-electron chi connectivity index (χ4n) is 0.959. The van der Waals surface area contributed by atoms with Crippen LogP contribution in [0.3, 0.4) is 0 Å². The highest BCUT2D eigenvalue weighted by Crippen LogP contribution is 2.14. The molecule has 1 saturated heterocycles. The first-order valence-corrected chi connectivity index (χ1v) is 3.75. The van der Waals surface area contributed by atoms with Crippen LogP contribution in [-0.4, -0.2) is 27.8 Å². The molecule has 64 valence electrons. The Bertz CT molecular complexity index is 174. The van der Waals surface area contributed by atoms with Gasteiger partial charge in [-0.25, -0.2) is 10.6 Å². The predicted molar refractivity (Wildman–Crippen MR) is 41.2 cm³/mol. The number of hydrogen-bond acceptors (Lipinski definition) is 3. The highest BCUT2D eigenvalue weighted by atomic mass is 35.5. The maximum absolute atomic E-state index is 10.9. The van der Waals surface area contributed by atoms with Crippen LogP contribution in [0.25, 0.3) is 0 Å². The Hall–Kier alpha value is -0.520. The second-order valence-corrected chi connectivity index (χ2v) is 3.02. The van der Waals surface area contributed by atoms with Crippen molar-refractivity contribution < 1.29 is 4.79 Å². The van der Waals surface area contributed by atoms with E-state index in [0.717, 1.165) is 5.12 Å². The van der Waals surface area contributed by atoms with Gasteiger partial charge < -0.3 is 5.32 Å². The van der Waals surface area contributed by atoms with E-state index in [0.29, 0.717) is 0 Å².